The molecule has 1 N–H and O–H groups in total. The molecule has 1 aliphatic carbocycles. The summed E-state index contributed by atoms with van der Waals surface area (Å²) in [6.07, 6.45) is 3.62. The van der Waals surface area contributed by atoms with E-state index in [0.29, 0.717) is 25.7 Å². The van der Waals surface area contributed by atoms with Gasteiger partial charge >= 0.3 is 0 Å². The molecule has 1 aliphatic rings. The fourth-order valence-corrected chi connectivity index (χ4v) is 1.81. The predicted octanol–water partition coefficient (Wildman–Crippen LogP) is 1.26. The Kier molecular flexibility index (Phi) is 6.52. The molecule has 0 spiro atoms. The maximum atomic E-state index is 12.1. The number of carbonyl (C=O) groups is 1. The van der Waals surface area contributed by atoms with Gasteiger partial charge in [0.25, 0.3) is 0 Å². The Hall–Kier alpha value is -0.610. The number of hydrogen-bond acceptors (Lipinski definition) is 3. The van der Waals surface area contributed by atoms with Gasteiger partial charge in [0.05, 0.1) is 13.2 Å². The van der Waals surface area contributed by atoms with Gasteiger partial charge in [-0.05, 0) is 38.6 Å². The van der Waals surface area contributed by atoms with Crippen LogP contribution in [0.15, 0.2) is 0 Å². The van der Waals surface area contributed by atoms with E-state index >= 15 is 0 Å². The van der Waals surface area contributed by atoms with E-state index in [1.807, 2.05) is 4.90 Å². The van der Waals surface area contributed by atoms with Gasteiger partial charge < -0.3 is 15.0 Å². The van der Waals surface area contributed by atoms with Crippen molar-refractivity contribution in [1.29, 1.82) is 0 Å². The van der Waals surface area contributed by atoms with E-state index in [9.17, 15) is 4.79 Å². The zero-order chi connectivity index (χ0) is 12.7. The second-order valence-electron chi connectivity index (χ2n) is 4.91. The molecule has 0 aromatic carbocycles. The first-order valence-electron chi connectivity index (χ1n) is 6.68. The molecule has 17 heavy (non-hydrogen) atoms. The molecule has 1 amide bonds. The van der Waals surface area contributed by atoms with Gasteiger partial charge in [0.2, 0.25) is 5.91 Å². The highest BCUT2D eigenvalue weighted by atomic mass is 16.5. The average molecular weight is 242 g/mol. The highest BCUT2D eigenvalue weighted by Crippen LogP contribution is 2.27. The highest BCUT2D eigenvalue weighted by molar-refractivity contribution is 5.78. The molecule has 4 nitrogen and oxygen atoms in total. The minimum absolute atomic E-state index is 0.192. The number of amides is 1. The van der Waals surface area contributed by atoms with Gasteiger partial charge in [-0.25, -0.2) is 0 Å². The molecule has 0 bridgehead atoms. The number of hydrogen-bond donors (Lipinski definition) is 1. The van der Waals surface area contributed by atoms with Crippen LogP contribution in [0, 0.1) is 5.92 Å². The second-order valence-corrected chi connectivity index (χ2v) is 4.91. The van der Waals surface area contributed by atoms with Gasteiger partial charge in [-0.3, -0.25) is 4.79 Å². The number of carbonyl (C=O) groups excluding carboxylic acids is 1. The van der Waals surface area contributed by atoms with Gasteiger partial charge in [-0.1, -0.05) is 6.92 Å². The molecule has 1 atom stereocenters. The van der Waals surface area contributed by atoms with E-state index in [1.165, 1.54) is 12.8 Å². The Morgan fingerprint density at radius 3 is 2.76 bits per heavy atom. The zero-order valence-corrected chi connectivity index (χ0v) is 11.4. The summed E-state index contributed by atoms with van der Waals surface area (Å²) in [5.41, 5.74) is 0. The topological polar surface area (TPSA) is 41.6 Å². The van der Waals surface area contributed by atoms with Crippen molar-refractivity contribution in [3.8, 4) is 0 Å². The van der Waals surface area contributed by atoms with Gasteiger partial charge in [0.1, 0.15) is 0 Å². The number of nitrogens with one attached hydrogen (secondary N) is 1. The maximum Gasteiger partial charge on any atom is 0.236 e. The molecule has 0 aromatic rings. The van der Waals surface area contributed by atoms with Crippen molar-refractivity contribution in [2.45, 2.75) is 39.2 Å². The Morgan fingerprint density at radius 2 is 2.24 bits per heavy atom. The highest BCUT2D eigenvalue weighted by Gasteiger charge is 2.22. The van der Waals surface area contributed by atoms with Crippen LogP contribution in [-0.4, -0.2) is 50.2 Å². The van der Waals surface area contributed by atoms with Crippen LogP contribution in [0.1, 0.15) is 33.1 Å². The maximum absolute atomic E-state index is 12.1. The SMILES string of the molecule is CCC(C)N(CCOC)C(=O)CNCC1CC1. The fraction of sp³-hybridized carbons (Fsp3) is 0.923. The Balaban J connectivity index is 2.28. The summed E-state index contributed by atoms with van der Waals surface area (Å²) in [6, 6.07) is 0.292. The number of nitrogens with zero attached hydrogens (tertiary/aromatic N) is 1. The first kappa shape index (κ1) is 14.5. The summed E-state index contributed by atoms with van der Waals surface area (Å²) in [5, 5.41) is 3.25. The lowest BCUT2D eigenvalue weighted by Crippen LogP contribution is -2.45. The molecular weight excluding hydrogens is 216 g/mol. The van der Waals surface area contributed by atoms with Crippen LogP contribution in [0.2, 0.25) is 0 Å². The Labute approximate surface area is 105 Å². The summed E-state index contributed by atoms with van der Waals surface area (Å²) in [7, 11) is 1.67. The van der Waals surface area contributed by atoms with Gasteiger partial charge in [0.15, 0.2) is 0 Å². The van der Waals surface area contributed by atoms with Crippen LogP contribution in [0.3, 0.4) is 0 Å². The van der Waals surface area contributed by atoms with E-state index < -0.39 is 0 Å². The molecule has 0 aliphatic heterocycles. The number of methoxy groups -OCH3 is 1. The Morgan fingerprint density at radius 1 is 1.53 bits per heavy atom. The lowest BCUT2D eigenvalue weighted by Gasteiger charge is -2.28. The van der Waals surface area contributed by atoms with Crippen LogP contribution in [0.25, 0.3) is 0 Å². The molecule has 0 heterocycles. The smallest absolute Gasteiger partial charge is 0.236 e. The van der Waals surface area contributed by atoms with Crippen molar-refractivity contribution in [2.75, 3.05) is 33.4 Å². The third kappa shape index (κ3) is 5.50. The first-order valence-corrected chi connectivity index (χ1v) is 6.68. The van der Waals surface area contributed by atoms with Crippen molar-refractivity contribution >= 4 is 5.91 Å². The van der Waals surface area contributed by atoms with Gasteiger partial charge in [-0.2, -0.15) is 0 Å². The van der Waals surface area contributed by atoms with Gasteiger partial charge in [0, 0.05) is 19.7 Å². The molecule has 4 heteroatoms. The van der Waals surface area contributed by atoms with E-state index in [4.69, 9.17) is 4.74 Å². The quantitative estimate of drug-likeness (QED) is 0.662. The van der Waals surface area contributed by atoms with E-state index in [0.717, 1.165) is 18.9 Å². The van der Waals surface area contributed by atoms with Crippen molar-refractivity contribution in [3.05, 3.63) is 0 Å². The minimum Gasteiger partial charge on any atom is -0.383 e. The third-order valence-corrected chi connectivity index (χ3v) is 3.39. The Bertz CT molecular complexity index is 229. The molecule has 1 rings (SSSR count). The van der Waals surface area contributed by atoms with E-state index in [2.05, 4.69) is 19.2 Å². The molecule has 0 aromatic heterocycles. The zero-order valence-electron chi connectivity index (χ0n) is 11.4. The fourth-order valence-electron chi connectivity index (χ4n) is 1.81. The molecule has 1 unspecified atom stereocenters. The molecule has 1 saturated carbocycles. The normalized spacial score (nSPS) is 16.9. The van der Waals surface area contributed by atoms with Crippen molar-refractivity contribution in [1.82, 2.24) is 10.2 Å². The summed E-state index contributed by atoms with van der Waals surface area (Å²) in [5.74, 6) is 1.01. The lowest BCUT2D eigenvalue weighted by molar-refractivity contribution is -0.133. The summed E-state index contributed by atoms with van der Waals surface area (Å²) in [6.45, 7) is 6.95. The van der Waals surface area contributed by atoms with Crippen LogP contribution in [0.5, 0.6) is 0 Å². The summed E-state index contributed by atoms with van der Waals surface area (Å²) < 4.78 is 5.06. The first-order chi connectivity index (χ1) is 8.19. The van der Waals surface area contributed by atoms with Gasteiger partial charge in [-0.15, -0.1) is 0 Å². The van der Waals surface area contributed by atoms with Crippen LogP contribution in [-0.2, 0) is 9.53 Å². The largest absolute Gasteiger partial charge is 0.383 e. The van der Waals surface area contributed by atoms with Crippen LogP contribution in [0.4, 0.5) is 0 Å². The second kappa shape index (κ2) is 7.67. The lowest BCUT2D eigenvalue weighted by atomic mass is 10.2. The van der Waals surface area contributed by atoms with Crippen LogP contribution < -0.4 is 5.32 Å². The number of rotatable bonds is 9. The summed E-state index contributed by atoms with van der Waals surface area (Å²) >= 11 is 0. The average Bonchev–Trinajstić information content (AvgIpc) is 3.13. The van der Waals surface area contributed by atoms with Crippen molar-refractivity contribution in [2.24, 2.45) is 5.92 Å². The third-order valence-electron chi connectivity index (χ3n) is 3.39. The molecule has 100 valence electrons. The monoisotopic (exact) mass is 242 g/mol. The molecule has 1 fully saturated rings. The standard InChI is InChI=1S/C13H26N2O2/c1-4-11(2)15(7-8-17-3)13(16)10-14-9-12-5-6-12/h11-12,14H,4-10H2,1-3H3. The number of ether oxygens (including phenoxy) is 1. The van der Waals surface area contributed by atoms with Crippen molar-refractivity contribution < 1.29 is 9.53 Å². The molecule has 0 saturated heterocycles. The van der Waals surface area contributed by atoms with E-state index in [1.54, 1.807) is 7.11 Å². The molecule has 0 radical (unpaired) electrons. The van der Waals surface area contributed by atoms with Crippen molar-refractivity contribution in [3.63, 3.8) is 0 Å². The van der Waals surface area contributed by atoms with E-state index in [-0.39, 0.29) is 5.91 Å². The predicted molar refractivity (Wildman–Crippen MR) is 68.9 cm³/mol. The summed E-state index contributed by atoms with van der Waals surface area (Å²) in [4.78, 5) is 14.0. The van der Waals surface area contributed by atoms with Crippen LogP contribution >= 0.6 is 0 Å². The minimum atomic E-state index is 0.192. The molecular formula is C13H26N2O2.